The summed E-state index contributed by atoms with van der Waals surface area (Å²) in [6.07, 6.45) is 0.661. The second-order valence-electron chi connectivity index (χ2n) is 10.9. The molecule has 1 aliphatic rings. The molecule has 8 heteroatoms. The van der Waals surface area contributed by atoms with Crippen LogP contribution in [0, 0.1) is 0 Å². The summed E-state index contributed by atoms with van der Waals surface area (Å²) in [6.45, 7) is 18.0. The summed E-state index contributed by atoms with van der Waals surface area (Å²) in [4.78, 5) is 28.9. The molecule has 2 rings (SSSR count). The lowest BCUT2D eigenvalue weighted by molar-refractivity contribution is -0.103. The third-order valence-corrected chi connectivity index (χ3v) is 10.4. The van der Waals surface area contributed by atoms with Crippen LogP contribution < -0.4 is 5.56 Å². The molecule has 0 saturated carbocycles. The zero-order chi connectivity index (χ0) is 23.4. The molecule has 0 aliphatic carbocycles. The first kappa shape index (κ1) is 25.6. The number of hydrogen-bond donors (Lipinski definition) is 1. The van der Waals surface area contributed by atoms with Gasteiger partial charge in [0.25, 0.3) is 0 Å². The number of morpholine rings is 1. The lowest BCUT2D eigenvalue weighted by Gasteiger charge is -2.41. The lowest BCUT2D eigenvalue weighted by atomic mass is 10.1. The van der Waals surface area contributed by atoms with E-state index in [1.165, 1.54) is 6.07 Å². The summed E-state index contributed by atoms with van der Waals surface area (Å²) in [6, 6.07) is 5.14. The number of aromatic amines is 1. The molecular weight excluding hydrogens is 412 g/mol. The maximum Gasteiger partial charge on any atom is 0.410 e. The highest BCUT2D eigenvalue weighted by molar-refractivity contribution is 6.74. The van der Waals surface area contributed by atoms with Crippen molar-refractivity contribution in [3.8, 4) is 0 Å². The Morgan fingerprint density at radius 3 is 2.39 bits per heavy atom. The van der Waals surface area contributed by atoms with Crippen LogP contribution in [0.4, 0.5) is 4.79 Å². The van der Waals surface area contributed by atoms with Crippen LogP contribution in [-0.4, -0.2) is 61.8 Å². The molecule has 0 bridgehead atoms. The van der Waals surface area contributed by atoms with Gasteiger partial charge < -0.3 is 23.8 Å². The minimum atomic E-state index is -1.93. The fraction of sp³-hybridized carbons (Fsp3) is 0.739. The zero-order valence-electron chi connectivity index (χ0n) is 20.4. The Hall–Kier alpha value is -1.64. The van der Waals surface area contributed by atoms with Crippen molar-refractivity contribution < 1.29 is 18.7 Å². The van der Waals surface area contributed by atoms with Gasteiger partial charge in [0, 0.05) is 11.8 Å². The van der Waals surface area contributed by atoms with Gasteiger partial charge in [-0.15, -0.1) is 0 Å². The quantitative estimate of drug-likeness (QED) is 0.650. The van der Waals surface area contributed by atoms with Crippen LogP contribution in [0.3, 0.4) is 0 Å². The summed E-state index contributed by atoms with van der Waals surface area (Å²) in [5.74, 6) is 0. The number of H-pyrrole nitrogens is 1. The third-order valence-electron chi connectivity index (χ3n) is 5.89. The van der Waals surface area contributed by atoms with Gasteiger partial charge in [0.05, 0.1) is 31.9 Å². The minimum Gasteiger partial charge on any atom is -0.444 e. The number of carbonyl (C=O) groups is 1. The van der Waals surface area contributed by atoms with Gasteiger partial charge in [0.1, 0.15) is 5.60 Å². The van der Waals surface area contributed by atoms with Gasteiger partial charge >= 0.3 is 6.09 Å². The summed E-state index contributed by atoms with van der Waals surface area (Å²) in [5, 5.41) is 0.102. The molecule has 31 heavy (non-hydrogen) atoms. The zero-order valence-corrected chi connectivity index (χ0v) is 21.4. The first-order valence-electron chi connectivity index (χ1n) is 11.1. The SMILES string of the molecule is CC(C)(C)OC(=O)N1C[C@@H](CCc2cccc(=O)[nH]2)O[C@H](CO[Si](C)(C)C(C)(C)C)C1. The van der Waals surface area contributed by atoms with Gasteiger partial charge in [-0.2, -0.15) is 0 Å². The van der Waals surface area contributed by atoms with Gasteiger partial charge in [-0.1, -0.05) is 26.8 Å². The molecule has 1 aliphatic heterocycles. The van der Waals surface area contributed by atoms with Crippen molar-refractivity contribution in [3.63, 3.8) is 0 Å². The average molecular weight is 453 g/mol. The molecule has 176 valence electrons. The molecule has 1 saturated heterocycles. The van der Waals surface area contributed by atoms with Crippen LogP contribution in [0.15, 0.2) is 23.0 Å². The van der Waals surface area contributed by atoms with E-state index in [1.54, 1.807) is 11.0 Å². The van der Waals surface area contributed by atoms with Crippen molar-refractivity contribution in [2.24, 2.45) is 0 Å². The number of hydrogen-bond acceptors (Lipinski definition) is 5. The van der Waals surface area contributed by atoms with E-state index in [9.17, 15) is 9.59 Å². The van der Waals surface area contributed by atoms with E-state index in [0.29, 0.717) is 32.5 Å². The van der Waals surface area contributed by atoms with E-state index < -0.39 is 13.9 Å². The molecule has 0 unspecified atom stereocenters. The van der Waals surface area contributed by atoms with Crippen molar-refractivity contribution in [1.29, 1.82) is 0 Å². The predicted octanol–water partition coefficient (Wildman–Crippen LogP) is 4.33. The molecule has 2 atom stereocenters. The van der Waals surface area contributed by atoms with Crippen molar-refractivity contribution in [1.82, 2.24) is 9.88 Å². The second kappa shape index (κ2) is 9.88. The molecule has 1 amide bonds. The van der Waals surface area contributed by atoms with Crippen molar-refractivity contribution in [2.45, 2.75) is 90.3 Å². The molecule has 0 radical (unpaired) electrons. The molecule has 1 aromatic rings. The van der Waals surface area contributed by atoms with Crippen molar-refractivity contribution in [2.75, 3.05) is 19.7 Å². The lowest BCUT2D eigenvalue weighted by Crippen LogP contribution is -2.54. The van der Waals surface area contributed by atoms with Gasteiger partial charge in [-0.3, -0.25) is 4.79 Å². The summed E-state index contributed by atoms with van der Waals surface area (Å²) >= 11 is 0. The van der Waals surface area contributed by atoms with E-state index in [1.807, 2.05) is 26.8 Å². The van der Waals surface area contributed by atoms with Crippen LogP contribution in [0.1, 0.15) is 53.7 Å². The van der Waals surface area contributed by atoms with E-state index >= 15 is 0 Å². The van der Waals surface area contributed by atoms with E-state index in [-0.39, 0.29) is 28.9 Å². The molecule has 2 heterocycles. The average Bonchev–Trinajstić information content (AvgIpc) is 2.62. The number of nitrogens with zero attached hydrogens (tertiary/aromatic N) is 1. The van der Waals surface area contributed by atoms with Gasteiger partial charge in [0.2, 0.25) is 5.56 Å². The van der Waals surface area contributed by atoms with E-state index in [4.69, 9.17) is 13.9 Å². The van der Waals surface area contributed by atoms with E-state index in [2.05, 4.69) is 38.8 Å². The molecule has 1 aromatic heterocycles. The second-order valence-corrected chi connectivity index (χ2v) is 15.7. The predicted molar refractivity (Wildman–Crippen MR) is 125 cm³/mol. The van der Waals surface area contributed by atoms with E-state index in [0.717, 1.165) is 5.69 Å². The number of aryl methyl sites for hydroxylation is 1. The maximum absolute atomic E-state index is 12.8. The minimum absolute atomic E-state index is 0.102. The Bertz CT molecular complexity index is 794. The Morgan fingerprint density at radius 1 is 1.16 bits per heavy atom. The first-order valence-corrected chi connectivity index (χ1v) is 14.0. The largest absolute Gasteiger partial charge is 0.444 e. The number of rotatable bonds is 6. The summed E-state index contributed by atoms with van der Waals surface area (Å²) < 4.78 is 18.3. The van der Waals surface area contributed by atoms with Crippen molar-refractivity contribution >= 4 is 14.4 Å². The molecule has 1 fully saturated rings. The Labute approximate surface area is 187 Å². The number of aromatic nitrogens is 1. The monoisotopic (exact) mass is 452 g/mol. The number of amides is 1. The number of carbonyl (C=O) groups excluding carboxylic acids is 1. The third kappa shape index (κ3) is 8.09. The Morgan fingerprint density at radius 2 is 1.81 bits per heavy atom. The number of pyridine rings is 1. The first-order chi connectivity index (χ1) is 14.2. The smallest absolute Gasteiger partial charge is 0.410 e. The highest BCUT2D eigenvalue weighted by atomic mass is 28.4. The fourth-order valence-corrected chi connectivity index (χ4v) is 4.16. The standard InChI is InChI=1S/C23H40N2O5Si/c1-22(2,3)30-21(27)25-14-18(13-12-17-10-9-11-20(26)24-17)29-19(15-25)16-28-31(7,8)23(4,5)6/h9-11,18-19H,12-16H2,1-8H3,(H,24,26)/t18-,19+/m1/s1. The van der Waals surface area contributed by atoms with Crippen LogP contribution in [0.25, 0.3) is 0 Å². The van der Waals surface area contributed by atoms with Crippen LogP contribution in [0.2, 0.25) is 18.1 Å². The van der Waals surface area contributed by atoms with Crippen molar-refractivity contribution in [3.05, 3.63) is 34.2 Å². The van der Waals surface area contributed by atoms with Gasteiger partial charge in [0.15, 0.2) is 8.32 Å². The molecule has 0 aromatic carbocycles. The molecular formula is C23H40N2O5Si. The fourth-order valence-electron chi connectivity index (χ4n) is 3.12. The molecule has 1 N–H and O–H groups in total. The number of ether oxygens (including phenoxy) is 2. The topological polar surface area (TPSA) is 80.9 Å². The highest BCUT2D eigenvalue weighted by Gasteiger charge is 2.39. The molecule has 7 nitrogen and oxygen atoms in total. The maximum atomic E-state index is 12.8. The normalized spacial score (nSPS) is 20.6. The van der Waals surface area contributed by atoms with Crippen LogP contribution >= 0.6 is 0 Å². The Balaban J connectivity index is 2.07. The molecule has 0 spiro atoms. The highest BCUT2D eigenvalue weighted by Crippen LogP contribution is 2.36. The van der Waals surface area contributed by atoms with Gasteiger partial charge in [-0.05, 0) is 57.8 Å². The van der Waals surface area contributed by atoms with Gasteiger partial charge in [-0.25, -0.2) is 4.79 Å². The Kier molecular flexibility index (Phi) is 8.16. The summed E-state index contributed by atoms with van der Waals surface area (Å²) in [7, 11) is -1.93. The van der Waals surface area contributed by atoms with Crippen LogP contribution in [-0.2, 0) is 20.3 Å². The number of nitrogens with one attached hydrogen (secondary N) is 1. The van der Waals surface area contributed by atoms with Crippen LogP contribution in [0.5, 0.6) is 0 Å². The summed E-state index contributed by atoms with van der Waals surface area (Å²) in [5.41, 5.74) is 0.194.